The Kier molecular flexibility index (Phi) is 6.05. The van der Waals surface area contributed by atoms with Gasteiger partial charge in [-0.3, -0.25) is 14.2 Å². The molecule has 0 aliphatic heterocycles. The lowest BCUT2D eigenvalue weighted by Gasteiger charge is -2.14. The average Bonchev–Trinajstić information content (AvgIpc) is 2.22. The molecule has 0 heterocycles. The molecule has 8 heteroatoms. The summed E-state index contributed by atoms with van der Waals surface area (Å²) in [6.07, 6.45) is -0.639. The van der Waals surface area contributed by atoms with E-state index in [1.54, 1.807) is 0 Å². The Balaban J connectivity index is 4.98. The molecule has 2 unspecified atom stereocenters. The molecule has 0 fully saturated rings. The van der Waals surface area contributed by atoms with Gasteiger partial charge in [-0.1, -0.05) is 0 Å². The second kappa shape index (κ2) is 6.51. The van der Waals surface area contributed by atoms with Gasteiger partial charge in [0.2, 0.25) is 0 Å². The Labute approximate surface area is 98.5 Å². The SMILES string of the molecule is CCOC(=O)C(CP(C)(=O)O)C(=O)C(=O)OC. The molecular weight excluding hydrogens is 251 g/mol. The number of hydrogen-bond donors (Lipinski definition) is 1. The zero-order valence-corrected chi connectivity index (χ0v) is 10.7. The highest BCUT2D eigenvalue weighted by Gasteiger charge is 2.37. The van der Waals surface area contributed by atoms with Gasteiger partial charge in [0.05, 0.1) is 13.7 Å². The number of esters is 2. The van der Waals surface area contributed by atoms with Crippen LogP contribution in [0.15, 0.2) is 0 Å². The number of rotatable bonds is 6. The molecule has 0 aliphatic rings. The average molecular weight is 266 g/mol. The first-order valence-corrected chi connectivity index (χ1v) is 7.10. The molecule has 1 N–H and O–H groups in total. The maximum Gasteiger partial charge on any atom is 0.375 e. The molecule has 0 bridgehead atoms. The van der Waals surface area contributed by atoms with Gasteiger partial charge in [-0.25, -0.2) is 4.79 Å². The lowest BCUT2D eigenvalue weighted by atomic mass is 10.1. The van der Waals surface area contributed by atoms with E-state index in [0.717, 1.165) is 13.8 Å². The molecule has 0 aromatic heterocycles. The molecule has 0 radical (unpaired) electrons. The number of Topliss-reactive ketones (excluding diaryl/α,β-unsaturated/α-hetero) is 1. The molecule has 0 spiro atoms. The zero-order valence-electron chi connectivity index (χ0n) is 9.84. The molecule has 0 rings (SSSR count). The van der Waals surface area contributed by atoms with Crippen LogP contribution in [-0.2, 0) is 28.4 Å². The predicted octanol–water partition coefficient (Wildman–Crippen LogP) is -0.192. The highest BCUT2D eigenvalue weighted by molar-refractivity contribution is 7.57. The molecule has 0 saturated carbocycles. The molecule has 2 atom stereocenters. The minimum absolute atomic E-state index is 0.00320. The first kappa shape index (κ1) is 15.8. The lowest BCUT2D eigenvalue weighted by molar-refractivity contribution is -0.160. The fraction of sp³-hybridized carbons (Fsp3) is 0.667. The Morgan fingerprint density at radius 2 is 1.88 bits per heavy atom. The van der Waals surface area contributed by atoms with Gasteiger partial charge < -0.3 is 14.4 Å². The van der Waals surface area contributed by atoms with Crippen molar-refractivity contribution in [2.45, 2.75) is 6.92 Å². The summed E-state index contributed by atoms with van der Waals surface area (Å²) in [4.78, 5) is 43.0. The third-order valence-electron chi connectivity index (χ3n) is 1.80. The summed E-state index contributed by atoms with van der Waals surface area (Å²) in [6, 6.07) is 0. The van der Waals surface area contributed by atoms with E-state index in [2.05, 4.69) is 9.47 Å². The van der Waals surface area contributed by atoms with Crippen LogP contribution in [0, 0.1) is 5.92 Å². The number of methoxy groups -OCH3 is 1. The van der Waals surface area contributed by atoms with Crippen LogP contribution in [0.1, 0.15) is 6.92 Å². The van der Waals surface area contributed by atoms with E-state index in [9.17, 15) is 18.9 Å². The van der Waals surface area contributed by atoms with Crippen molar-refractivity contribution in [2.75, 3.05) is 26.5 Å². The van der Waals surface area contributed by atoms with Gasteiger partial charge in [0, 0.05) is 12.8 Å². The lowest BCUT2D eigenvalue weighted by Crippen LogP contribution is -2.34. The van der Waals surface area contributed by atoms with Gasteiger partial charge in [-0.2, -0.15) is 0 Å². The van der Waals surface area contributed by atoms with E-state index in [4.69, 9.17) is 4.89 Å². The van der Waals surface area contributed by atoms with Crippen molar-refractivity contribution in [3.05, 3.63) is 0 Å². The number of ketones is 1. The van der Waals surface area contributed by atoms with Crippen molar-refractivity contribution < 1.29 is 33.3 Å². The van der Waals surface area contributed by atoms with Crippen LogP contribution in [0.2, 0.25) is 0 Å². The third kappa shape index (κ3) is 5.60. The highest BCUT2D eigenvalue weighted by atomic mass is 31.2. The van der Waals surface area contributed by atoms with Crippen molar-refractivity contribution in [3.63, 3.8) is 0 Å². The van der Waals surface area contributed by atoms with Crippen molar-refractivity contribution >= 4 is 25.1 Å². The summed E-state index contributed by atoms with van der Waals surface area (Å²) in [5.41, 5.74) is 0. The van der Waals surface area contributed by atoms with Crippen LogP contribution in [0.3, 0.4) is 0 Å². The van der Waals surface area contributed by atoms with E-state index in [-0.39, 0.29) is 6.61 Å². The fourth-order valence-electron chi connectivity index (χ4n) is 1.09. The Morgan fingerprint density at radius 1 is 1.35 bits per heavy atom. The fourth-order valence-corrected chi connectivity index (χ4v) is 2.08. The van der Waals surface area contributed by atoms with Crippen LogP contribution in [0.5, 0.6) is 0 Å². The Morgan fingerprint density at radius 3 is 2.24 bits per heavy atom. The minimum Gasteiger partial charge on any atom is -0.465 e. The topological polar surface area (TPSA) is 107 Å². The van der Waals surface area contributed by atoms with Gasteiger partial charge >= 0.3 is 11.9 Å². The summed E-state index contributed by atoms with van der Waals surface area (Å²) in [6.45, 7) is 2.51. The van der Waals surface area contributed by atoms with Gasteiger partial charge in [-0.15, -0.1) is 0 Å². The van der Waals surface area contributed by atoms with Crippen molar-refractivity contribution in [1.82, 2.24) is 0 Å². The van der Waals surface area contributed by atoms with E-state index < -0.39 is 37.2 Å². The zero-order chi connectivity index (χ0) is 13.6. The first-order valence-electron chi connectivity index (χ1n) is 4.81. The molecule has 0 saturated heterocycles. The second-order valence-corrected chi connectivity index (χ2v) is 5.86. The van der Waals surface area contributed by atoms with E-state index in [0.29, 0.717) is 0 Å². The molecule has 98 valence electrons. The smallest absolute Gasteiger partial charge is 0.375 e. The minimum atomic E-state index is -3.63. The third-order valence-corrected chi connectivity index (χ3v) is 2.84. The molecule has 0 aliphatic carbocycles. The van der Waals surface area contributed by atoms with Gasteiger partial charge in [0.25, 0.3) is 5.78 Å². The quantitative estimate of drug-likeness (QED) is 0.307. The van der Waals surface area contributed by atoms with Gasteiger partial charge in [-0.05, 0) is 6.92 Å². The number of hydrogen-bond acceptors (Lipinski definition) is 6. The standard InChI is InChI=1S/C9H15O7P/c1-4-16-8(11)6(5-17(3,13)14)7(10)9(12)15-2/h6H,4-5H2,1-3H3,(H,13,14). The Hall–Kier alpha value is -1.20. The second-order valence-electron chi connectivity index (χ2n) is 3.39. The first-order chi connectivity index (χ1) is 7.72. The van der Waals surface area contributed by atoms with Crippen molar-refractivity contribution in [1.29, 1.82) is 0 Å². The van der Waals surface area contributed by atoms with Crippen molar-refractivity contribution in [2.24, 2.45) is 5.92 Å². The normalized spacial score (nSPS) is 15.5. The molecule has 7 nitrogen and oxygen atoms in total. The summed E-state index contributed by atoms with van der Waals surface area (Å²) in [5.74, 6) is -5.01. The number of carbonyl (C=O) groups is 3. The summed E-state index contributed by atoms with van der Waals surface area (Å²) in [7, 11) is -2.65. The number of carbonyl (C=O) groups excluding carboxylic acids is 3. The van der Waals surface area contributed by atoms with E-state index in [1.807, 2.05) is 0 Å². The Bertz CT molecular complexity index is 356. The summed E-state index contributed by atoms with van der Waals surface area (Å²) < 4.78 is 19.9. The summed E-state index contributed by atoms with van der Waals surface area (Å²) in [5, 5.41) is 0. The van der Waals surface area contributed by atoms with Crippen LogP contribution in [-0.4, -0.2) is 49.2 Å². The van der Waals surface area contributed by atoms with Crippen LogP contribution >= 0.6 is 7.37 Å². The van der Waals surface area contributed by atoms with Crippen LogP contribution in [0.25, 0.3) is 0 Å². The largest absolute Gasteiger partial charge is 0.465 e. The maximum atomic E-state index is 11.5. The van der Waals surface area contributed by atoms with E-state index >= 15 is 0 Å². The molecule has 0 amide bonds. The van der Waals surface area contributed by atoms with E-state index in [1.165, 1.54) is 6.92 Å². The maximum absolute atomic E-state index is 11.5. The summed E-state index contributed by atoms with van der Waals surface area (Å²) >= 11 is 0. The number of ether oxygens (including phenoxy) is 2. The predicted molar refractivity (Wildman–Crippen MR) is 57.8 cm³/mol. The van der Waals surface area contributed by atoms with Crippen LogP contribution < -0.4 is 0 Å². The highest BCUT2D eigenvalue weighted by Crippen LogP contribution is 2.38. The van der Waals surface area contributed by atoms with Gasteiger partial charge in [0.15, 0.2) is 7.37 Å². The van der Waals surface area contributed by atoms with Crippen molar-refractivity contribution in [3.8, 4) is 0 Å². The van der Waals surface area contributed by atoms with Gasteiger partial charge in [0.1, 0.15) is 5.92 Å². The molecule has 17 heavy (non-hydrogen) atoms. The van der Waals surface area contributed by atoms with Crippen LogP contribution in [0.4, 0.5) is 0 Å². The molecule has 0 aromatic rings. The monoisotopic (exact) mass is 266 g/mol. The molecular formula is C9H15O7P. The molecule has 0 aromatic carbocycles.